The van der Waals surface area contributed by atoms with Crippen molar-refractivity contribution in [1.29, 1.82) is 0 Å². The van der Waals surface area contributed by atoms with Crippen LogP contribution in [0.25, 0.3) is 0 Å². The highest BCUT2D eigenvalue weighted by molar-refractivity contribution is 5.85. The highest BCUT2D eigenvalue weighted by Crippen LogP contribution is 2.26. The minimum atomic E-state index is -0.179. The third-order valence-corrected chi connectivity index (χ3v) is 2.75. The summed E-state index contributed by atoms with van der Waals surface area (Å²) in [5.74, 6) is 0.615. The van der Waals surface area contributed by atoms with Crippen LogP contribution in [-0.2, 0) is 4.79 Å². The first-order valence-electron chi connectivity index (χ1n) is 6.08. The molecule has 0 bridgehead atoms. The van der Waals surface area contributed by atoms with Gasteiger partial charge in [-0.25, -0.2) is 0 Å². The first-order chi connectivity index (χ1) is 6.54. The van der Waals surface area contributed by atoms with Crippen LogP contribution < -0.4 is 0 Å². The van der Waals surface area contributed by atoms with E-state index in [4.69, 9.17) is 0 Å². The number of hydrogen-bond donors (Lipinski definition) is 0. The molecule has 0 fully saturated rings. The van der Waals surface area contributed by atoms with Gasteiger partial charge in [0.25, 0.3) is 0 Å². The van der Waals surface area contributed by atoms with Crippen LogP contribution in [0.15, 0.2) is 0 Å². The lowest BCUT2D eigenvalue weighted by Gasteiger charge is -2.23. The van der Waals surface area contributed by atoms with Crippen LogP contribution in [-0.4, -0.2) is 5.78 Å². The summed E-state index contributed by atoms with van der Waals surface area (Å²) in [5.41, 5.74) is 0.214. The van der Waals surface area contributed by atoms with Crippen molar-refractivity contribution in [3.63, 3.8) is 0 Å². The van der Waals surface area contributed by atoms with E-state index in [1.807, 2.05) is 20.8 Å². The number of hydrogen-bond acceptors (Lipinski definition) is 1. The lowest BCUT2D eigenvalue weighted by Crippen LogP contribution is -2.26. The van der Waals surface area contributed by atoms with E-state index in [-0.39, 0.29) is 11.3 Å². The molecule has 15 heavy (non-hydrogen) atoms. The highest BCUT2D eigenvalue weighted by Gasteiger charge is 2.26. The Bertz CT molecular complexity index is 202. The van der Waals surface area contributed by atoms with E-state index in [1.54, 1.807) is 0 Å². The van der Waals surface area contributed by atoms with E-state index in [0.717, 1.165) is 12.8 Å². The van der Waals surface area contributed by atoms with E-state index in [0.29, 0.717) is 11.2 Å². The monoisotopic (exact) mass is 212 g/mol. The molecule has 1 heteroatoms. The Morgan fingerprint density at radius 3 is 1.87 bits per heavy atom. The van der Waals surface area contributed by atoms with Gasteiger partial charge in [-0.2, -0.15) is 0 Å². The maximum Gasteiger partial charge on any atom is 0.140 e. The lowest BCUT2D eigenvalue weighted by atomic mass is 9.80. The molecular formula is C14H28O. The summed E-state index contributed by atoms with van der Waals surface area (Å²) >= 11 is 0. The van der Waals surface area contributed by atoms with Crippen molar-refractivity contribution in [3.8, 4) is 0 Å². The van der Waals surface area contributed by atoms with Crippen LogP contribution in [0.4, 0.5) is 0 Å². The van der Waals surface area contributed by atoms with Gasteiger partial charge in [-0.05, 0) is 18.3 Å². The molecule has 0 aliphatic rings. The van der Waals surface area contributed by atoms with Crippen molar-refractivity contribution in [2.24, 2.45) is 16.7 Å². The Labute approximate surface area is 95.6 Å². The van der Waals surface area contributed by atoms with Crippen molar-refractivity contribution in [3.05, 3.63) is 0 Å². The molecule has 0 saturated carbocycles. The molecule has 0 N–H and O–H groups in total. The Hall–Kier alpha value is -0.330. The summed E-state index contributed by atoms with van der Waals surface area (Å²) < 4.78 is 0. The molecule has 0 radical (unpaired) electrons. The van der Waals surface area contributed by atoms with Crippen LogP contribution in [0.1, 0.15) is 67.7 Å². The second kappa shape index (κ2) is 5.14. The second-order valence-corrected chi connectivity index (χ2v) is 6.97. The zero-order valence-electron chi connectivity index (χ0n) is 11.6. The van der Waals surface area contributed by atoms with Gasteiger partial charge < -0.3 is 0 Å². The molecule has 90 valence electrons. The molecule has 1 atom stereocenters. The number of rotatable bonds is 4. The number of carbonyl (C=O) groups is 1. The number of carbonyl (C=O) groups excluding carboxylic acids is 1. The quantitative estimate of drug-likeness (QED) is 0.672. The maximum atomic E-state index is 11.9. The standard InChI is InChI=1S/C14H28O/c1-11(12(15)14(5,6)7)9-8-10-13(2,3)4/h11H,8-10H2,1-7H3/t11-/m0/s1. The van der Waals surface area contributed by atoms with Crippen molar-refractivity contribution in [2.75, 3.05) is 0 Å². The van der Waals surface area contributed by atoms with E-state index < -0.39 is 0 Å². The minimum absolute atomic E-state index is 0.179. The molecule has 0 unspecified atom stereocenters. The average molecular weight is 212 g/mol. The van der Waals surface area contributed by atoms with E-state index in [9.17, 15) is 4.79 Å². The van der Waals surface area contributed by atoms with Gasteiger partial charge in [0.2, 0.25) is 0 Å². The number of ketones is 1. The summed E-state index contributed by atoms with van der Waals surface area (Å²) in [6.45, 7) is 14.9. The van der Waals surface area contributed by atoms with E-state index in [2.05, 4.69) is 27.7 Å². The largest absolute Gasteiger partial charge is 0.299 e. The number of Topliss-reactive ketones (excluding diaryl/α,β-unsaturated/α-hetero) is 1. The first kappa shape index (κ1) is 14.7. The molecule has 1 nitrogen and oxygen atoms in total. The smallest absolute Gasteiger partial charge is 0.140 e. The average Bonchev–Trinajstić information content (AvgIpc) is 1.98. The van der Waals surface area contributed by atoms with Crippen LogP contribution in [0, 0.1) is 16.7 Å². The fraction of sp³-hybridized carbons (Fsp3) is 0.929. The zero-order valence-corrected chi connectivity index (χ0v) is 11.6. The van der Waals surface area contributed by atoms with Crippen molar-refractivity contribution < 1.29 is 4.79 Å². The summed E-state index contributed by atoms with van der Waals surface area (Å²) in [4.78, 5) is 11.9. The Morgan fingerprint density at radius 2 is 1.53 bits per heavy atom. The molecule has 0 aromatic heterocycles. The lowest BCUT2D eigenvalue weighted by molar-refractivity contribution is -0.130. The van der Waals surface area contributed by atoms with Crippen LogP contribution >= 0.6 is 0 Å². The van der Waals surface area contributed by atoms with Crippen LogP contribution in [0.3, 0.4) is 0 Å². The third kappa shape index (κ3) is 6.70. The Kier molecular flexibility index (Phi) is 5.02. The molecule has 0 heterocycles. The predicted molar refractivity (Wildman–Crippen MR) is 66.9 cm³/mol. The molecule has 0 aliphatic heterocycles. The molecular weight excluding hydrogens is 184 g/mol. The molecule has 0 amide bonds. The van der Waals surface area contributed by atoms with Gasteiger partial charge >= 0.3 is 0 Å². The maximum absolute atomic E-state index is 11.9. The fourth-order valence-electron chi connectivity index (χ4n) is 1.81. The van der Waals surface area contributed by atoms with Gasteiger partial charge in [0.1, 0.15) is 5.78 Å². The van der Waals surface area contributed by atoms with Crippen molar-refractivity contribution in [1.82, 2.24) is 0 Å². The van der Waals surface area contributed by atoms with E-state index >= 15 is 0 Å². The first-order valence-corrected chi connectivity index (χ1v) is 6.08. The van der Waals surface area contributed by atoms with Gasteiger partial charge in [-0.1, -0.05) is 54.9 Å². The highest BCUT2D eigenvalue weighted by atomic mass is 16.1. The summed E-state index contributed by atoms with van der Waals surface area (Å²) in [6.07, 6.45) is 3.40. The predicted octanol–water partition coefficient (Wildman–Crippen LogP) is 4.45. The van der Waals surface area contributed by atoms with Crippen LogP contribution in [0.5, 0.6) is 0 Å². The Morgan fingerprint density at radius 1 is 1.07 bits per heavy atom. The fourth-order valence-corrected chi connectivity index (χ4v) is 1.81. The molecule has 0 aromatic carbocycles. The second-order valence-electron chi connectivity index (χ2n) is 6.97. The van der Waals surface area contributed by atoms with Crippen LogP contribution in [0.2, 0.25) is 0 Å². The summed E-state index contributed by atoms with van der Waals surface area (Å²) in [5, 5.41) is 0. The molecule has 0 aliphatic carbocycles. The molecule has 0 saturated heterocycles. The van der Waals surface area contributed by atoms with Gasteiger partial charge in [0.15, 0.2) is 0 Å². The molecule has 0 rings (SSSR count). The molecule has 0 aromatic rings. The SMILES string of the molecule is C[C@@H](CCCC(C)(C)C)C(=O)C(C)(C)C. The van der Waals surface area contributed by atoms with Crippen molar-refractivity contribution in [2.45, 2.75) is 67.7 Å². The summed E-state index contributed by atoms with van der Waals surface area (Å²) in [7, 11) is 0. The van der Waals surface area contributed by atoms with E-state index in [1.165, 1.54) is 6.42 Å². The van der Waals surface area contributed by atoms with Gasteiger partial charge in [-0.15, -0.1) is 0 Å². The normalized spacial score (nSPS) is 15.1. The minimum Gasteiger partial charge on any atom is -0.299 e. The van der Waals surface area contributed by atoms with Gasteiger partial charge in [0, 0.05) is 11.3 Å². The topological polar surface area (TPSA) is 17.1 Å². The van der Waals surface area contributed by atoms with Gasteiger partial charge in [0.05, 0.1) is 0 Å². The van der Waals surface area contributed by atoms with Crippen molar-refractivity contribution >= 4 is 5.78 Å². The van der Waals surface area contributed by atoms with Gasteiger partial charge in [-0.3, -0.25) is 4.79 Å². The molecule has 0 spiro atoms. The third-order valence-electron chi connectivity index (χ3n) is 2.75. The Balaban J connectivity index is 3.96. The summed E-state index contributed by atoms with van der Waals surface area (Å²) in [6, 6.07) is 0. The zero-order chi connectivity index (χ0) is 12.3.